The molecule has 0 fully saturated rings. The molecule has 2 heterocycles. The van der Waals surface area contributed by atoms with Crippen molar-refractivity contribution in [2.24, 2.45) is 7.05 Å². The van der Waals surface area contributed by atoms with E-state index in [1.807, 2.05) is 23.0 Å². The van der Waals surface area contributed by atoms with Gasteiger partial charge in [-0.15, -0.1) is 11.8 Å². The van der Waals surface area contributed by atoms with Crippen LogP contribution in [0.1, 0.15) is 43.2 Å². The van der Waals surface area contributed by atoms with Gasteiger partial charge in [0, 0.05) is 29.3 Å². The Morgan fingerprint density at radius 2 is 1.78 bits per heavy atom. The number of thioether (sulfide) groups is 1. The Kier molecular flexibility index (Phi) is 5.81. The fraction of sp³-hybridized carbons (Fsp3) is 0.333. The average Bonchev–Trinajstić information content (AvgIpc) is 3.36. The van der Waals surface area contributed by atoms with Gasteiger partial charge in [-0.2, -0.15) is 14.5 Å². The van der Waals surface area contributed by atoms with Crippen molar-refractivity contribution in [3.05, 3.63) is 81.5 Å². The summed E-state index contributed by atoms with van der Waals surface area (Å²) < 4.78 is 4.54. The van der Waals surface area contributed by atoms with Crippen LogP contribution in [0.4, 0.5) is 0 Å². The van der Waals surface area contributed by atoms with E-state index in [1.165, 1.54) is 19.8 Å². The number of aromatic nitrogens is 6. The molecule has 0 amide bonds. The van der Waals surface area contributed by atoms with Crippen LogP contribution in [0.15, 0.2) is 58.4 Å². The highest BCUT2D eigenvalue weighted by Gasteiger charge is 2.17. The van der Waals surface area contributed by atoms with Gasteiger partial charge in [0.05, 0.1) is 17.1 Å². The van der Waals surface area contributed by atoms with E-state index in [9.17, 15) is 4.79 Å². The molecule has 4 rings (SSSR count). The van der Waals surface area contributed by atoms with E-state index in [4.69, 9.17) is 5.10 Å². The summed E-state index contributed by atoms with van der Waals surface area (Å²) in [6.45, 7) is 10.7. The smallest absolute Gasteiger partial charge is 0.244 e. The van der Waals surface area contributed by atoms with Crippen molar-refractivity contribution in [1.82, 2.24) is 29.6 Å². The van der Waals surface area contributed by atoms with E-state index >= 15 is 0 Å². The standard InChI is InChI=1S/C24H28N6OS/c1-16-8-7-9-20(30-23(31)28(6)26-27-30)19(16)15-32-21-11-10-18(14-17(21)2)29-13-12-22(25-29)24(3,4)5/h7-14H,15H2,1-6H3. The molecular weight excluding hydrogens is 420 g/mol. The summed E-state index contributed by atoms with van der Waals surface area (Å²) in [6.07, 6.45) is 2.01. The second-order valence-corrected chi connectivity index (χ2v) is 10.0. The quantitative estimate of drug-likeness (QED) is 0.424. The van der Waals surface area contributed by atoms with Gasteiger partial charge < -0.3 is 0 Å². The number of benzene rings is 2. The van der Waals surface area contributed by atoms with Gasteiger partial charge in [0.2, 0.25) is 0 Å². The lowest BCUT2D eigenvalue weighted by atomic mass is 9.93. The molecule has 4 aromatic rings. The molecule has 0 bridgehead atoms. The summed E-state index contributed by atoms with van der Waals surface area (Å²) in [6, 6.07) is 14.4. The van der Waals surface area contributed by atoms with Gasteiger partial charge in [0.25, 0.3) is 0 Å². The van der Waals surface area contributed by atoms with Crippen molar-refractivity contribution in [1.29, 1.82) is 0 Å². The first-order chi connectivity index (χ1) is 15.1. The normalized spacial score (nSPS) is 11.8. The second-order valence-electron chi connectivity index (χ2n) is 9.00. The van der Waals surface area contributed by atoms with Gasteiger partial charge in [-0.1, -0.05) is 32.9 Å². The number of rotatable bonds is 5. The fourth-order valence-electron chi connectivity index (χ4n) is 3.49. The summed E-state index contributed by atoms with van der Waals surface area (Å²) in [7, 11) is 1.60. The third-order valence-corrected chi connectivity index (χ3v) is 6.69. The van der Waals surface area contributed by atoms with E-state index in [-0.39, 0.29) is 11.1 Å². The van der Waals surface area contributed by atoms with E-state index in [0.717, 1.165) is 33.9 Å². The summed E-state index contributed by atoms with van der Waals surface area (Å²) in [5, 5.41) is 12.6. The minimum Gasteiger partial charge on any atom is -0.244 e. The Morgan fingerprint density at radius 1 is 1.00 bits per heavy atom. The lowest BCUT2D eigenvalue weighted by molar-refractivity contribution is 0.560. The third-order valence-electron chi connectivity index (χ3n) is 5.49. The summed E-state index contributed by atoms with van der Waals surface area (Å²) in [4.78, 5) is 13.6. The maximum atomic E-state index is 12.4. The molecule has 8 heteroatoms. The van der Waals surface area contributed by atoms with Crippen LogP contribution in [-0.2, 0) is 18.2 Å². The van der Waals surface area contributed by atoms with Crippen molar-refractivity contribution in [3.8, 4) is 11.4 Å². The molecule has 0 saturated heterocycles. The molecule has 0 unspecified atom stereocenters. The zero-order chi connectivity index (χ0) is 23.0. The molecule has 0 N–H and O–H groups in total. The molecule has 0 saturated carbocycles. The van der Waals surface area contributed by atoms with Crippen molar-refractivity contribution in [2.45, 2.75) is 50.7 Å². The van der Waals surface area contributed by atoms with Crippen molar-refractivity contribution < 1.29 is 0 Å². The Labute approximate surface area is 192 Å². The largest absolute Gasteiger partial charge is 0.368 e. The second kappa shape index (κ2) is 8.43. The lowest BCUT2D eigenvalue weighted by Gasteiger charge is -2.15. The van der Waals surface area contributed by atoms with Crippen molar-refractivity contribution in [3.63, 3.8) is 0 Å². The SMILES string of the molecule is Cc1cc(-n2ccc(C(C)(C)C)n2)ccc1SCc1c(C)cccc1-n1nnn(C)c1=O. The Balaban J connectivity index is 1.58. The molecule has 166 valence electrons. The minimum absolute atomic E-state index is 0.0203. The fourth-order valence-corrected chi connectivity index (χ4v) is 4.62. The van der Waals surface area contributed by atoms with Gasteiger partial charge in [-0.25, -0.2) is 9.48 Å². The summed E-state index contributed by atoms with van der Waals surface area (Å²) >= 11 is 1.75. The monoisotopic (exact) mass is 448 g/mol. The van der Waals surface area contributed by atoms with Crippen LogP contribution in [0.3, 0.4) is 0 Å². The topological polar surface area (TPSA) is 70.5 Å². The van der Waals surface area contributed by atoms with Crippen LogP contribution in [-0.4, -0.2) is 29.6 Å². The highest BCUT2D eigenvalue weighted by Crippen LogP contribution is 2.31. The van der Waals surface area contributed by atoms with E-state index < -0.39 is 0 Å². The van der Waals surface area contributed by atoms with E-state index in [1.54, 1.807) is 18.8 Å². The molecule has 2 aromatic carbocycles. The number of hydrogen-bond acceptors (Lipinski definition) is 5. The lowest BCUT2D eigenvalue weighted by Crippen LogP contribution is -2.23. The summed E-state index contributed by atoms with van der Waals surface area (Å²) in [5.41, 5.74) is 6.04. The molecule has 2 aromatic heterocycles. The first-order valence-electron chi connectivity index (χ1n) is 10.5. The van der Waals surface area contributed by atoms with Crippen molar-refractivity contribution >= 4 is 11.8 Å². The van der Waals surface area contributed by atoms with Gasteiger partial charge in [-0.3, -0.25) is 0 Å². The maximum Gasteiger partial charge on any atom is 0.368 e. The highest BCUT2D eigenvalue weighted by atomic mass is 32.2. The molecule has 32 heavy (non-hydrogen) atoms. The van der Waals surface area contributed by atoms with Gasteiger partial charge in [-0.05, 0) is 71.3 Å². The zero-order valence-electron chi connectivity index (χ0n) is 19.3. The Morgan fingerprint density at radius 3 is 2.41 bits per heavy atom. The van der Waals surface area contributed by atoms with Crippen LogP contribution in [0.2, 0.25) is 0 Å². The van der Waals surface area contributed by atoms with Crippen LogP contribution in [0.5, 0.6) is 0 Å². The number of nitrogens with zero attached hydrogens (tertiary/aromatic N) is 6. The predicted octanol–water partition coefficient (Wildman–Crippen LogP) is 4.36. The average molecular weight is 449 g/mol. The maximum absolute atomic E-state index is 12.4. The van der Waals surface area contributed by atoms with Gasteiger partial charge in [0.1, 0.15) is 0 Å². The molecule has 7 nitrogen and oxygen atoms in total. The van der Waals surface area contributed by atoms with E-state index in [0.29, 0.717) is 0 Å². The molecule has 0 aliphatic rings. The Bertz CT molecular complexity index is 1330. The van der Waals surface area contributed by atoms with Crippen LogP contribution < -0.4 is 5.69 Å². The Hall–Kier alpha value is -3.13. The van der Waals surface area contributed by atoms with Crippen LogP contribution in [0, 0.1) is 13.8 Å². The van der Waals surface area contributed by atoms with Crippen LogP contribution >= 0.6 is 11.8 Å². The molecular formula is C24H28N6OS. The van der Waals surface area contributed by atoms with Gasteiger partial charge >= 0.3 is 5.69 Å². The van der Waals surface area contributed by atoms with Crippen molar-refractivity contribution in [2.75, 3.05) is 0 Å². The van der Waals surface area contributed by atoms with Crippen LogP contribution in [0.25, 0.3) is 11.4 Å². The predicted molar refractivity (Wildman–Crippen MR) is 128 cm³/mol. The third kappa shape index (κ3) is 4.27. The zero-order valence-corrected chi connectivity index (χ0v) is 20.1. The summed E-state index contributed by atoms with van der Waals surface area (Å²) in [5.74, 6) is 0.723. The first kappa shape index (κ1) is 22.1. The molecule has 0 aliphatic carbocycles. The van der Waals surface area contributed by atoms with E-state index in [2.05, 4.69) is 75.4 Å². The number of hydrogen-bond donors (Lipinski definition) is 0. The molecule has 0 spiro atoms. The number of tetrazole rings is 1. The highest BCUT2D eigenvalue weighted by molar-refractivity contribution is 7.98. The minimum atomic E-state index is -0.253. The molecule has 0 aliphatic heterocycles. The first-order valence-corrected chi connectivity index (χ1v) is 11.5. The van der Waals surface area contributed by atoms with Gasteiger partial charge in [0.15, 0.2) is 0 Å². The molecule has 0 radical (unpaired) electrons. The number of aryl methyl sites for hydroxylation is 3. The molecule has 0 atom stereocenters.